The molecule has 2 unspecified atom stereocenters. The Morgan fingerprint density at radius 2 is 0.923 bits per heavy atom. The fraction of sp³-hybridized carbons (Fsp3) is 0.235. The van der Waals surface area contributed by atoms with Crippen LogP contribution in [0.15, 0.2) is 111 Å². The molecule has 1 aromatic heterocycles. The lowest BCUT2D eigenvalue weighted by atomic mass is 9.93. The van der Waals surface area contributed by atoms with Crippen LogP contribution in [0.25, 0.3) is 21.9 Å². The summed E-state index contributed by atoms with van der Waals surface area (Å²) in [4.78, 5) is 10.1. The standard InChI is InChI=1S/C34H30N2O3/c1-33(2)29(21-13-7-5-8-14-21)35-31(38-33)25-19-11-17-23-24-18-12-20-26(28(24)37-27(23)25)32-36-30(34(3,4)39-32)22-15-9-6-10-16-22/h5-20,29-30H,1-4H3. The summed E-state index contributed by atoms with van der Waals surface area (Å²) in [6, 6.07) is 32.6. The van der Waals surface area contributed by atoms with E-state index >= 15 is 0 Å². The minimum atomic E-state index is -0.486. The minimum absolute atomic E-state index is 0.109. The lowest BCUT2D eigenvalue weighted by Crippen LogP contribution is -2.27. The van der Waals surface area contributed by atoms with Gasteiger partial charge in [-0.3, -0.25) is 0 Å². The lowest BCUT2D eigenvalue weighted by molar-refractivity contribution is 0.0971. The highest BCUT2D eigenvalue weighted by Crippen LogP contribution is 2.43. The maximum absolute atomic E-state index is 6.64. The number of para-hydroxylation sites is 2. The number of hydrogen-bond acceptors (Lipinski definition) is 5. The topological polar surface area (TPSA) is 56.3 Å². The predicted octanol–water partition coefficient (Wildman–Crippen LogP) is 8.18. The van der Waals surface area contributed by atoms with Crippen molar-refractivity contribution in [3.8, 4) is 0 Å². The van der Waals surface area contributed by atoms with Crippen molar-refractivity contribution in [2.45, 2.75) is 51.0 Å². The number of hydrogen-bond donors (Lipinski definition) is 0. The van der Waals surface area contributed by atoms with E-state index in [1.807, 2.05) is 60.7 Å². The van der Waals surface area contributed by atoms with E-state index < -0.39 is 11.2 Å². The summed E-state index contributed by atoms with van der Waals surface area (Å²) in [6.45, 7) is 8.33. The third-order valence-electron chi connectivity index (χ3n) is 7.74. The zero-order valence-electron chi connectivity index (χ0n) is 22.5. The zero-order valence-corrected chi connectivity index (χ0v) is 22.5. The van der Waals surface area contributed by atoms with E-state index in [0.717, 1.165) is 44.2 Å². The van der Waals surface area contributed by atoms with Gasteiger partial charge in [-0.25, -0.2) is 9.98 Å². The minimum Gasteiger partial charge on any atom is -0.469 e. The third kappa shape index (κ3) is 3.84. The average Bonchev–Trinajstić information content (AvgIpc) is 3.59. The van der Waals surface area contributed by atoms with Crippen molar-refractivity contribution in [3.05, 3.63) is 119 Å². The maximum Gasteiger partial charge on any atom is 0.221 e. The Bertz CT molecular complexity index is 1630. The summed E-state index contributed by atoms with van der Waals surface area (Å²) in [5, 5.41) is 2.02. The van der Waals surface area contributed by atoms with E-state index in [2.05, 4.69) is 64.1 Å². The van der Waals surface area contributed by atoms with Crippen LogP contribution in [-0.4, -0.2) is 23.0 Å². The van der Waals surface area contributed by atoms with E-state index in [1.165, 1.54) is 0 Å². The van der Waals surface area contributed by atoms with Crippen molar-refractivity contribution in [3.63, 3.8) is 0 Å². The van der Waals surface area contributed by atoms with Crippen molar-refractivity contribution < 1.29 is 13.9 Å². The molecule has 7 rings (SSSR count). The van der Waals surface area contributed by atoms with Crippen LogP contribution in [0.3, 0.4) is 0 Å². The van der Waals surface area contributed by atoms with Gasteiger partial charge in [0, 0.05) is 10.8 Å². The van der Waals surface area contributed by atoms with Crippen LogP contribution in [0.1, 0.15) is 62.0 Å². The SMILES string of the molecule is CC1(C)OC(c2cccc3c2oc2c(C4=NC(c5ccccc5)C(C)(C)O4)cccc23)=NC1c1ccccc1. The van der Waals surface area contributed by atoms with E-state index in [9.17, 15) is 0 Å². The number of aliphatic imine (C=N–C) groups is 2. The fourth-order valence-electron chi connectivity index (χ4n) is 5.84. The molecule has 0 saturated heterocycles. The molecule has 39 heavy (non-hydrogen) atoms. The monoisotopic (exact) mass is 514 g/mol. The van der Waals surface area contributed by atoms with Crippen molar-refractivity contribution in [1.29, 1.82) is 0 Å². The smallest absolute Gasteiger partial charge is 0.221 e. The fourth-order valence-corrected chi connectivity index (χ4v) is 5.84. The molecule has 2 aliphatic rings. The molecule has 0 saturated carbocycles. The second kappa shape index (κ2) is 8.57. The van der Waals surface area contributed by atoms with Crippen LogP contribution in [0.2, 0.25) is 0 Å². The Morgan fingerprint density at radius 3 is 1.33 bits per heavy atom. The van der Waals surface area contributed by atoms with E-state index in [4.69, 9.17) is 23.9 Å². The molecule has 0 N–H and O–H groups in total. The van der Waals surface area contributed by atoms with E-state index in [0.29, 0.717) is 11.8 Å². The molecule has 2 atom stereocenters. The van der Waals surface area contributed by atoms with Gasteiger partial charge in [-0.2, -0.15) is 0 Å². The highest BCUT2D eigenvalue weighted by Gasteiger charge is 2.42. The molecule has 3 heterocycles. The van der Waals surface area contributed by atoms with Crippen LogP contribution >= 0.6 is 0 Å². The van der Waals surface area contributed by atoms with E-state index in [1.54, 1.807) is 0 Å². The summed E-state index contributed by atoms with van der Waals surface area (Å²) in [5.41, 5.74) is 4.48. The number of rotatable bonds is 4. The summed E-state index contributed by atoms with van der Waals surface area (Å²) in [6.07, 6.45) is 0. The van der Waals surface area contributed by atoms with Gasteiger partial charge in [-0.1, -0.05) is 84.9 Å². The summed E-state index contributed by atoms with van der Waals surface area (Å²) < 4.78 is 19.6. The van der Waals surface area contributed by atoms with Crippen molar-refractivity contribution >= 4 is 33.7 Å². The van der Waals surface area contributed by atoms with Gasteiger partial charge in [0.25, 0.3) is 0 Å². The Kier molecular flexibility index (Phi) is 5.21. The van der Waals surface area contributed by atoms with Crippen LogP contribution < -0.4 is 0 Å². The number of fused-ring (bicyclic) bond motifs is 3. The Balaban J connectivity index is 1.35. The molecule has 0 aliphatic carbocycles. The molecule has 5 heteroatoms. The molecule has 0 bridgehead atoms. The van der Waals surface area contributed by atoms with Crippen molar-refractivity contribution in [2.24, 2.45) is 9.98 Å². The first-order chi connectivity index (χ1) is 18.8. The predicted molar refractivity (Wildman–Crippen MR) is 155 cm³/mol. The second-order valence-electron chi connectivity index (χ2n) is 11.4. The van der Waals surface area contributed by atoms with Crippen molar-refractivity contribution in [2.75, 3.05) is 0 Å². The van der Waals surface area contributed by atoms with Gasteiger partial charge in [0.1, 0.15) is 34.5 Å². The van der Waals surface area contributed by atoms with Crippen LogP contribution in [0.5, 0.6) is 0 Å². The Labute approximate surface area is 227 Å². The highest BCUT2D eigenvalue weighted by molar-refractivity contribution is 6.17. The van der Waals surface area contributed by atoms with Gasteiger partial charge in [-0.05, 0) is 51.0 Å². The van der Waals surface area contributed by atoms with Crippen LogP contribution in [0.4, 0.5) is 0 Å². The molecule has 0 radical (unpaired) electrons. The number of benzene rings is 4. The largest absolute Gasteiger partial charge is 0.469 e. The normalized spacial score (nSPS) is 21.4. The number of furan rings is 1. The van der Waals surface area contributed by atoms with Gasteiger partial charge < -0.3 is 13.9 Å². The molecule has 0 spiro atoms. The first-order valence-electron chi connectivity index (χ1n) is 13.4. The first-order valence-corrected chi connectivity index (χ1v) is 13.4. The molecule has 0 fully saturated rings. The molecule has 2 aliphatic heterocycles. The average molecular weight is 515 g/mol. The summed E-state index contributed by atoms with van der Waals surface area (Å²) in [7, 11) is 0. The molecule has 4 aromatic carbocycles. The summed E-state index contributed by atoms with van der Waals surface area (Å²) >= 11 is 0. The maximum atomic E-state index is 6.64. The highest BCUT2D eigenvalue weighted by atomic mass is 16.5. The quantitative estimate of drug-likeness (QED) is 0.243. The molecular weight excluding hydrogens is 484 g/mol. The first kappa shape index (κ1) is 23.7. The van der Waals surface area contributed by atoms with Gasteiger partial charge in [0.15, 0.2) is 0 Å². The third-order valence-corrected chi connectivity index (χ3v) is 7.74. The molecule has 5 aromatic rings. The van der Waals surface area contributed by atoms with Crippen molar-refractivity contribution in [1.82, 2.24) is 0 Å². The van der Waals surface area contributed by atoms with Gasteiger partial charge >= 0.3 is 0 Å². The van der Waals surface area contributed by atoms with Crippen LogP contribution in [-0.2, 0) is 9.47 Å². The second-order valence-corrected chi connectivity index (χ2v) is 11.4. The zero-order chi connectivity index (χ0) is 26.8. The van der Waals surface area contributed by atoms with Gasteiger partial charge in [-0.15, -0.1) is 0 Å². The Hall–Kier alpha value is -4.38. The molecule has 0 amide bonds. The number of ether oxygens (including phenoxy) is 2. The molecule has 5 nitrogen and oxygen atoms in total. The molecular formula is C34H30N2O3. The number of nitrogens with zero attached hydrogens (tertiary/aromatic N) is 2. The lowest BCUT2D eigenvalue weighted by Gasteiger charge is -2.25. The van der Waals surface area contributed by atoms with E-state index in [-0.39, 0.29) is 12.1 Å². The van der Waals surface area contributed by atoms with Gasteiger partial charge in [0.2, 0.25) is 11.8 Å². The summed E-state index contributed by atoms with van der Waals surface area (Å²) in [5.74, 6) is 1.19. The van der Waals surface area contributed by atoms with Gasteiger partial charge in [0.05, 0.1) is 11.1 Å². The Morgan fingerprint density at radius 1 is 0.513 bits per heavy atom. The molecule has 194 valence electrons. The van der Waals surface area contributed by atoms with Crippen LogP contribution in [0, 0.1) is 0 Å².